The summed E-state index contributed by atoms with van der Waals surface area (Å²) < 4.78 is 16.0. The highest BCUT2D eigenvalue weighted by Gasteiger charge is 2.30. The Morgan fingerprint density at radius 3 is 2.60 bits per heavy atom. The second-order valence-corrected chi connectivity index (χ2v) is 7.07. The summed E-state index contributed by atoms with van der Waals surface area (Å²) in [5.74, 6) is -0.428. The van der Waals surface area contributed by atoms with E-state index >= 15 is 0 Å². The molecule has 5 heteroatoms. The fourth-order valence-electron chi connectivity index (χ4n) is 0.994. The maximum absolute atomic E-state index is 10.8. The lowest BCUT2D eigenvalue weighted by Gasteiger charge is -2.27. The molecule has 2 atom stereocenters. The third-order valence-electron chi connectivity index (χ3n) is 2.15. The van der Waals surface area contributed by atoms with Crippen LogP contribution in [-0.4, -0.2) is 34.4 Å². The van der Waals surface area contributed by atoms with Crippen molar-refractivity contribution in [2.24, 2.45) is 0 Å². The Hall–Kier alpha value is -0.653. The average Bonchev–Trinajstić information content (AvgIpc) is 2.25. The van der Waals surface area contributed by atoms with Crippen molar-refractivity contribution < 1.29 is 18.4 Å². The van der Waals surface area contributed by atoms with Crippen LogP contribution in [0.2, 0.25) is 12.6 Å². The molecule has 0 heterocycles. The first-order valence-corrected chi connectivity index (χ1v) is 7.52. The largest absolute Gasteiger partial charge is 0.460 e. The van der Waals surface area contributed by atoms with Gasteiger partial charge >= 0.3 is 14.5 Å². The zero-order valence-corrected chi connectivity index (χ0v) is 10.9. The van der Waals surface area contributed by atoms with E-state index in [9.17, 15) is 4.79 Å². The van der Waals surface area contributed by atoms with E-state index in [0.717, 1.165) is 12.1 Å². The summed E-state index contributed by atoms with van der Waals surface area (Å²) in [6.07, 6.45) is 0.991. The quantitative estimate of drug-likeness (QED) is 0.382. The van der Waals surface area contributed by atoms with Crippen LogP contribution in [0.1, 0.15) is 13.8 Å². The molecule has 0 radical (unpaired) electrons. The van der Waals surface area contributed by atoms with Gasteiger partial charge in [-0.3, -0.25) is 0 Å². The van der Waals surface area contributed by atoms with E-state index in [1.54, 1.807) is 7.11 Å². The second kappa shape index (κ2) is 6.76. The summed E-state index contributed by atoms with van der Waals surface area (Å²) in [6.45, 7) is 9.42. The first-order chi connectivity index (χ1) is 6.97. The zero-order valence-electron chi connectivity index (χ0n) is 9.91. The molecule has 0 aliphatic carbocycles. The van der Waals surface area contributed by atoms with Gasteiger partial charge in [0.25, 0.3) is 0 Å². The lowest BCUT2D eigenvalue weighted by atomic mass is 10.4. The molecule has 0 fully saturated rings. The minimum absolute atomic E-state index is 0.148. The van der Waals surface area contributed by atoms with E-state index in [0.29, 0.717) is 0 Å². The summed E-state index contributed by atoms with van der Waals surface area (Å²) in [4.78, 5) is 10.8. The summed E-state index contributed by atoms with van der Waals surface area (Å²) in [5, 5.41) is 0. The molecule has 0 aliphatic heterocycles. The number of ether oxygens (including phenoxy) is 1. The number of carbonyl (C=O) groups is 1. The molecule has 0 aromatic heterocycles. The standard InChI is InChI=1S/C10H20O4Si/c1-6-10(11)13-8-9(3)14-15(5,7-2)12-4/h6,9H,1,7-8H2,2-5H3. The molecule has 0 rings (SSSR count). The van der Waals surface area contributed by atoms with Gasteiger partial charge in [0.15, 0.2) is 0 Å². The van der Waals surface area contributed by atoms with Crippen LogP contribution in [0.15, 0.2) is 12.7 Å². The summed E-state index contributed by atoms with van der Waals surface area (Å²) in [7, 11) is -0.409. The van der Waals surface area contributed by atoms with Crippen LogP contribution < -0.4 is 0 Å². The van der Waals surface area contributed by atoms with Gasteiger partial charge < -0.3 is 13.6 Å². The molecule has 0 saturated carbocycles. The van der Waals surface area contributed by atoms with Crippen molar-refractivity contribution >= 4 is 14.5 Å². The van der Waals surface area contributed by atoms with Crippen molar-refractivity contribution in [1.29, 1.82) is 0 Å². The molecule has 0 bridgehead atoms. The monoisotopic (exact) mass is 232 g/mol. The fraction of sp³-hybridized carbons (Fsp3) is 0.700. The number of rotatable bonds is 7. The SMILES string of the molecule is C=CC(=O)OCC(C)O[Si](C)(CC)OC. The molecular weight excluding hydrogens is 212 g/mol. The Labute approximate surface area is 92.5 Å². The summed E-state index contributed by atoms with van der Waals surface area (Å²) >= 11 is 0. The highest BCUT2D eigenvalue weighted by molar-refractivity contribution is 6.65. The normalized spacial score (nSPS) is 16.5. The predicted octanol–water partition coefficient (Wildman–Crippen LogP) is 1.86. The first-order valence-electron chi connectivity index (χ1n) is 4.99. The number of esters is 1. The molecule has 0 aromatic carbocycles. The number of carbonyl (C=O) groups excluding carboxylic acids is 1. The van der Waals surface area contributed by atoms with E-state index in [1.165, 1.54) is 0 Å². The summed E-state index contributed by atoms with van der Waals surface area (Å²) in [5.41, 5.74) is 0. The van der Waals surface area contributed by atoms with E-state index in [2.05, 4.69) is 6.58 Å². The van der Waals surface area contributed by atoms with Gasteiger partial charge in [-0.1, -0.05) is 13.5 Å². The van der Waals surface area contributed by atoms with Gasteiger partial charge in [-0.15, -0.1) is 0 Å². The van der Waals surface area contributed by atoms with Crippen LogP contribution in [0.25, 0.3) is 0 Å². The Bertz CT molecular complexity index is 213. The molecule has 0 spiro atoms. The maximum Gasteiger partial charge on any atom is 0.334 e. The molecule has 0 aliphatic rings. The van der Waals surface area contributed by atoms with Crippen LogP contribution >= 0.6 is 0 Å². The third kappa shape index (κ3) is 5.71. The first kappa shape index (κ1) is 14.3. The van der Waals surface area contributed by atoms with Gasteiger partial charge in [0.05, 0.1) is 6.10 Å². The topological polar surface area (TPSA) is 44.8 Å². The van der Waals surface area contributed by atoms with Crippen LogP contribution in [0.3, 0.4) is 0 Å². The summed E-state index contributed by atoms with van der Waals surface area (Å²) in [6, 6.07) is 0.864. The molecule has 0 aromatic rings. The van der Waals surface area contributed by atoms with Crippen molar-refractivity contribution in [2.75, 3.05) is 13.7 Å². The van der Waals surface area contributed by atoms with Gasteiger partial charge in [0, 0.05) is 13.2 Å². The molecule has 0 amide bonds. The fourth-order valence-corrected chi connectivity index (χ4v) is 2.46. The van der Waals surface area contributed by atoms with Crippen LogP contribution in [-0.2, 0) is 18.4 Å². The molecule has 0 N–H and O–H groups in total. The second-order valence-electron chi connectivity index (χ2n) is 3.45. The molecule has 0 saturated heterocycles. The molecule has 4 nitrogen and oxygen atoms in total. The van der Waals surface area contributed by atoms with E-state index in [-0.39, 0.29) is 12.7 Å². The minimum atomic E-state index is -2.06. The smallest absolute Gasteiger partial charge is 0.334 e. The Kier molecular flexibility index (Phi) is 6.47. The van der Waals surface area contributed by atoms with Crippen molar-refractivity contribution in [3.63, 3.8) is 0 Å². The molecule has 2 unspecified atom stereocenters. The lowest BCUT2D eigenvalue weighted by molar-refractivity contribution is -0.140. The van der Waals surface area contributed by atoms with Crippen LogP contribution in [0.4, 0.5) is 0 Å². The van der Waals surface area contributed by atoms with E-state index in [1.807, 2.05) is 20.4 Å². The lowest BCUT2D eigenvalue weighted by Crippen LogP contribution is -2.41. The Morgan fingerprint density at radius 2 is 2.20 bits per heavy atom. The minimum Gasteiger partial charge on any atom is -0.460 e. The van der Waals surface area contributed by atoms with E-state index < -0.39 is 14.5 Å². The van der Waals surface area contributed by atoms with Crippen molar-refractivity contribution in [3.8, 4) is 0 Å². The highest BCUT2D eigenvalue weighted by Crippen LogP contribution is 2.14. The maximum atomic E-state index is 10.8. The predicted molar refractivity (Wildman–Crippen MR) is 60.8 cm³/mol. The van der Waals surface area contributed by atoms with Gasteiger partial charge in [-0.25, -0.2) is 4.79 Å². The third-order valence-corrected chi connectivity index (χ3v) is 5.20. The van der Waals surface area contributed by atoms with E-state index in [4.69, 9.17) is 13.6 Å². The number of hydrogen-bond acceptors (Lipinski definition) is 4. The van der Waals surface area contributed by atoms with Gasteiger partial charge in [0.1, 0.15) is 6.61 Å². The van der Waals surface area contributed by atoms with Crippen LogP contribution in [0.5, 0.6) is 0 Å². The average molecular weight is 232 g/mol. The molecule has 15 heavy (non-hydrogen) atoms. The van der Waals surface area contributed by atoms with Gasteiger partial charge in [0.2, 0.25) is 0 Å². The Balaban J connectivity index is 3.96. The van der Waals surface area contributed by atoms with Gasteiger partial charge in [-0.05, 0) is 19.5 Å². The van der Waals surface area contributed by atoms with Crippen molar-refractivity contribution in [3.05, 3.63) is 12.7 Å². The van der Waals surface area contributed by atoms with Gasteiger partial charge in [-0.2, -0.15) is 0 Å². The molecular formula is C10H20O4Si. The molecule has 88 valence electrons. The van der Waals surface area contributed by atoms with Crippen molar-refractivity contribution in [2.45, 2.75) is 32.5 Å². The van der Waals surface area contributed by atoms with Crippen molar-refractivity contribution in [1.82, 2.24) is 0 Å². The number of hydrogen-bond donors (Lipinski definition) is 0. The van der Waals surface area contributed by atoms with Crippen LogP contribution in [0, 0.1) is 0 Å². The zero-order chi connectivity index (χ0) is 11.9. The Morgan fingerprint density at radius 1 is 1.60 bits per heavy atom. The highest BCUT2D eigenvalue weighted by atomic mass is 28.4.